The van der Waals surface area contributed by atoms with Gasteiger partial charge < -0.3 is 10.1 Å². The molecule has 0 aromatic heterocycles. The quantitative estimate of drug-likeness (QED) is 0.615. The lowest BCUT2D eigenvalue weighted by Crippen LogP contribution is -2.84. The first-order valence-electron chi connectivity index (χ1n) is 8.25. The summed E-state index contributed by atoms with van der Waals surface area (Å²) in [5, 5.41) is 2.45. The maximum absolute atomic E-state index is 5.79. The minimum atomic E-state index is 0.849. The lowest BCUT2D eigenvalue weighted by molar-refractivity contribution is -0.655. The first-order valence-corrected chi connectivity index (χ1v) is 8.25. The fourth-order valence-electron chi connectivity index (χ4n) is 2.23. The molecule has 0 bridgehead atoms. The van der Waals surface area contributed by atoms with Gasteiger partial charge in [-0.1, -0.05) is 19.4 Å². The smallest absolute Gasteiger partial charge is 0.119 e. The lowest BCUT2D eigenvalue weighted by atomic mass is 10.1. The fraction of sp³-hybridized carbons (Fsp3) is 0.667. The van der Waals surface area contributed by atoms with E-state index in [4.69, 9.17) is 4.74 Å². The summed E-state index contributed by atoms with van der Waals surface area (Å²) in [6.45, 7) is 9.96. The van der Waals surface area contributed by atoms with Gasteiger partial charge in [0.05, 0.1) is 19.7 Å². The van der Waals surface area contributed by atoms with Crippen LogP contribution in [0, 0.1) is 13.8 Å². The number of benzene rings is 1. The van der Waals surface area contributed by atoms with Gasteiger partial charge in [0.15, 0.2) is 0 Å². The molecule has 2 heteroatoms. The number of nitrogens with two attached hydrogens (primary N) is 1. The van der Waals surface area contributed by atoms with Gasteiger partial charge in [0.1, 0.15) is 5.75 Å². The van der Waals surface area contributed by atoms with Gasteiger partial charge in [-0.2, -0.15) is 0 Å². The van der Waals surface area contributed by atoms with Gasteiger partial charge in [0.25, 0.3) is 0 Å². The minimum Gasteiger partial charge on any atom is -0.494 e. The summed E-state index contributed by atoms with van der Waals surface area (Å²) in [6.07, 6.45) is 7.79. The molecule has 0 fully saturated rings. The van der Waals surface area contributed by atoms with E-state index in [1.165, 1.54) is 62.7 Å². The van der Waals surface area contributed by atoms with Crippen molar-refractivity contribution in [3.63, 3.8) is 0 Å². The van der Waals surface area contributed by atoms with E-state index in [9.17, 15) is 0 Å². The first-order chi connectivity index (χ1) is 9.74. The van der Waals surface area contributed by atoms with Crippen LogP contribution in [0.4, 0.5) is 0 Å². The number of hydrogen-bond acceptors (Lipinski definition) is 1. The molecule has 114 valence electrons. The van der Waals surface area contributed by atoms with Crippen LogP contribution in [0.1, 0.15) is 56.6 Å². The van der Waals surface area contributed by atoms with E-state index in [0.29, 0.717) is 0 Å². The van der Waals surface area contributed by atoms with Crippen LogP contribution in [0.5, 0.6) is 5.75 Å². The van der Waals surface area contributed by atoms with Crippen molar-refractivity contribution in [3.8, 4) is 5.75 Å². The number of quaternary nitrogens is 1. The van der Waals surface area contributed by atoms with Crippen molar-refractivity contribution >= 4 is 0 Å². The Balaban J connectivity index is 1.95. The second-order valence-electron chi connectivity index (χ2n) is 5.73. The van der Waals surface area contributed by atoms with Crippen LogP contribution in [-0.2, 0) is 0 Å². The molecule has 0 aliphatic heterocycles. The zero-order valence-corrected chi connectivity index (χ0v) is 13.6. The van der Waals surface area contributed by atoms with Crippen molar-refractivity contribution in [3.05, 3.63) is 29.3 Å². The number of aryl methyl sites for hydroxylation is 2. The van der Waals surface area contributed by atoms with Gasteiger partial charge in [-0.05, 0) is 69.2 Å². The zero-order valence-electron chi connectivity index (χ0n) is 13.6. The molecule has 0 heterocycles. The monoisotopic (exact) mass is 278 g/mol. The van der Waals surface area contributed by atoms with E-state index in [-0.39, 0.29) is 0 Å². The molecule has 0 atom stereocenters. The van der Waals surface area contributed by atoms with E-state index in [0.717, 1.165) is 12.4 Å². The van der Waals surface area contributed by atoms with Gasteiger partial charge in [-0.15, -0.1) is 0 Å². The summed E-state index contributed by atoms with van der Waals surface area (Å²) in [5.41, 5.74) is 2.64. The zero-order chi connectivity index (χ0) is 14.6. The molecule has 0 amide bonds. The Bertz CT molecular complexity index is 362. The van der Waals surface area contributed by atoms with Crippen LogP contribution >= 0.6 is 0 Å². The van der Waals surface area contributed by atoms with Crippen molar-refractivity contribution in [1.82, 2.24) is 0 Å². The van der Waals surface area contributed by atoms with E-state index in [1.54, 1.807) is 0 Å². The molecule has 0 radical (unpaired) electrons. The number of ether oxygens (including phenoxy) is 1. The molecule has 1 aromatic rings. The van der Waals surface area contributed by atoms with Gasteiger partial charge >= 0.3 is 0 Å². The second-order valence-corrected chi connectivity index (χ2v) is 5.73. The Morgan fingerprint density at radius 2 is 1.65 bits per heavy atom. The predicted molar refractivity (Wildman–Crippen MR) is 86.4 cm³/mol. The SMILES string of the molecule is CCCC[NH2+]CCCCCCOc1ccc(C)c(C)c1. The predicted octanol–water partition coefficient (Wildman–Crippen LogP) is 3.61. The highest BCUT2D eigenvalue weighted by Crippen LogP contribution is 2.16. The molecule has 0 saturated carbocycles. The van der Waals surface area contributed by atoms with Crippen LogP contribution < -0.4 is 10.1 Å². The van der Waals surface area contributed by atoms with Crippen LogP contribution in [0.15, 0.2) is 18.2 Å². The minimum absolute atomic E-state index is 0.849. The molecule has 20 heavy (non-hydrogen) atoms. The number of rotatable bonds is 11. The number of unbranched alkanes of at least 4 members (excludes halogenated alkanes) is 4. The Morgan fingerprint density at radius 3 is 2.40 bits per heavy atom. The van der Waals surface area contributed by atoms with Crippen LogP contribution in [0.25, 0.3) is 0 Å². The molecular weight excluding hydrogens is 246 g/mol. The Morgan fingerprint density at radius 1 is 0.900 bits per heavy atom. The maximum Gasteiger partial charge on any atom is 0.119 e. The summed E-state index contributed by atoms with van der Waals surface area (Å²) >= 11 is 0. The molecule has 2 N–H and O–H groups in total. The Hall–Kier alpha value is -1.02. The highest BCUT2D eigenvalue weighted by atomic mass is 16.5. The molecule has 0 aliphatic carbocycles. The summed E-state index contributed by atoms with van der Waals surface area (Å²) in [5.74, 6) is 1.01. The van der Waals surface area contributed by atoms with Crippen molar-refractivity contribution < 1.29 is 10.1 Å². The van der Waals surface area contributed by atoms with Gasteiger partial charge in [-0.25, -0.2) is 0 Å². The molecular formula is C18H32NO+. The van der Waals surface area contributed by atoms with Crippen molar-refractivity contribution in [2.24, 2.45) is 0 Å². The molecule has 0 spiro atoms. The van der Waals surface area contributed by atoms with Gasteiger partial charge in [-0.3, -0.25) is 0 Å². The van der Waals surface area contributed by atoms with E-state index >= 15 is 0 Å². The van der Waals surface area contributed by atoms with E-state index in [2.05, 4.69) is 44.3 Å². The molecule has 0 aliphatic rings. The molecule has 0 unspecified atom stereocenters. The molecule has 2 nitrogen and oxygen atoms in total. The van der Waals surface area contributed by atoms with Gasteiger partial charge in [0.2, 0.25) is 0 Å². The largest absolute Gasteiger partial charge is 0.494 e. The average Bonchev–Trinajstić information content (AvgIpc) is 2.45. The number of hydrogen-bond donors (Lipinski definition) is 1. The highest BCUT2D eigenvalue weighted by Gasteiger charge is 1.98. The third-order valence-electron chi connectivity index (χ3n) is 3.81. The third-order valence-corrected chi connectivity index (χ3v) is 3.81. The normalized spacial score (nSPS) is 10.8. The standard InChI is InChI=1S/C18H31NO/c1-4-5-12-19-13-8-6-7-9-14-20-18-11-10-16(2)17(3)15-18/h10-11,15,19H,4-9,12-14H2,1-3H3/p+1. The summed E-state index contributed by atoms with van der Waals surface area (Å²) in [6, 6.07) is 6.35. The van der Waals surface area contributed by atoms with Crippen molar-refractivity contribution in [2.45, 2.75) is 59.3 Å². The first kappa shape index (κ1) is 17.0. The van der Waals surface area contributed by atoms with Crippen molar-refractivity contribution in [2.75, 3.05) is 19.7 Å². The van der Waals surface area contributed by atoms with Crippen LogP contribution in [-0.4, -0.2) is 19.7 Å². The summed E-state index contributed by atoms with van der Waals surface area (Å²) in [4.78, 5) is 0. The maximum atomic E-state index is 5.79. The summed E-state index contributed by atoms with van der Waals surface area (Å²) < 4.78 is 5.79. The summed E-state index contributed by atoms with van der Waals surface area (Å²) in [7, 11) is 0. The van der Waals surface area contributed by atoms with Gasteiger partial charge in [0, 0.05) is 0 Å². The molecule has 1 aromatic carbocycles. The third kappa shape index (κ3) is 7.54. The Labute approximate surface area is 124 Å². The fourth-order valence-corrected chi connectivity index (χ4v) is 2.23. The van der Waals surface area contributed by atoms with Crippen molar-refractivity contribution in [1.29, 1.82) is 0 Å². The second kappa shape index (κ2) is 10.7. The van der Waals surface area contributed by atoms with Crippen LogP contribution in [0.2, 0.25) is 0 Å². The topological polar surface area (TPSA) is 25.8 Å². The lowest BCUT2D eigenvalue weighted by Gasteiger charge is -2.08. The Kier molecular flexibility index (Phi) is 9.14. The van der Waals surface area contributed by atoms with E-state index in [1.807, 2.05) is 0 Å². The van der Waals surface area contributed by atoms with Crippen LogP contribution in [0.3, 0.4) is 0 Å². The van der Waals surface area contributed by atoms with E-state index < -0.39 is 0 Å². The molecule has 1 rings (SSSR count). The average molecular weight is 278 g/mol. The highest BCUT2D eigenvalue weighted by molar-refractivity contribution is 5.33. The molecule has 0 saturated heterocycles.